The van der Waals surface area contributed by atoms with E-state index in [1.807, 2.05) is 31.5 Å². The lowest BCUT2D eigenvalue weighted by atomic mass is 10.1. The van der Waals surface area contributed by atoms with Crippen LogP contribution in [0.1, 0.15) is 32.9 Å². The predicted molar refractivity (Wildman–Crippen MR) is 96.4 cm³/mol. The summed E-state index contributed by atoms with van der Waals surface area (Å²) in [5, 5.41) is 10.9. The number of hydrogen-bond acceptors (Lipinski definition) is 2. The van der Waals surface area contributed by atoms with Crippen molar-refractivity contribution in [1.29, 1.82) is 0 Å². The van der Waals surface area contributed by atoms with Crippen molar-refractivity contribution in [1.82, 2.24) is 9.55 Å². The highest BCUT2D eigenvalue weighted by Gasteiger charge is 2.18. The molecule has 2 heterocycles. The standard InChI is InChI=1S/C18H16Cl2N2O2/c1-9-6-10(2)21-17-13(9)7-11(22(17)3)8-14-15(19)5-4-12(16(14)20)18(23)24/h4-7H,8H2,1-3H3,(H,23,24). The molecule has 0 aliphatic rings. The van der Waals surface area contributed by atoms with Gasteiger partial charge in [0.05, 0.1) is 10.6 Å². The fourth-order valence-corrected chi connectivity index (χ4v) is 3.52. The number of nitrogens with zero attached hydrogens (tertiary/aromatic N) is 2. The fourth-order valence-electron chi connectivity index (χ4n) is 2.94. The first kappa shape index (κ1) is 16.8. The molecular formula is C18H16Cl2N2O2. The van der Waals surface area contributed by atoms with E-state index in [1.165, 1.54) is 6.07 Å². The summed E-state index contributed by atoms with van der Waals surface area (Å²) in [7, 11) is 1.94. The molecule has 0 atom stereocenters. The number of aryl methyl sites for hydroxylation is 3. The number of pyridine rings is 1. The number of aromatic nitrogens is 2. The lowest BCUT2D eigenvalue weighted by molar-refractivity contribution is 0.0697. The maximum atomic E-state index is 11.3. The van der Waals surface area contributed by atoms with Crippen molar-refractivity contribution in [3.8, 4) is 0 Å². The highest BCUT2D eigenvalue weighted by Crippen LogP contribution is 2.32. The van der Waals surface area contributed by atoms with Gasteiger partial charge in [-0.25, -0.2) is 9.78 Å². The van der Waals surface area contributed by atoms with Gasteiger partial charge in [-0.15, -0.1) is 0 Å². The van der Waals surface area contributed by atoms with Crippen molar-refractivity contribution in [3.05, 3.63) is 62.4 Å². The highest BCUT2D eigenvalue weighted by atomic mass is 35.5. The molecule has 6 heteroatoms. The van der Waals surface area contributed by atoms with Crippen LogP contribution in [0.4, 0.5) is 0 Å². The van der Waals surface area contributed by atoms with E-state index in [0.717, 1.165) is 28.0 Å². The quantitative estimate of drug-likeness (QED) is 0.728. The molecule has 0 fully saturated rings. The lowest BCUT2D eigenvalue weighted by Crippen LogP contribution is -2.04. The highest BCUT2D eigenvalue weighted by molar-refractivity contribution is 6.38. The SMILES string of the molecule is Cc1cc(C)c2cc(Cc3c(Cl)ccc(C(=O)O)c3Cl)n(C)c2n1. The van der Waals surface area contributed by atoms with E-state index in [2.05, 4.69) is 11.1 Å². The van der Waals surface area contributed by atoms with Crippen LogP contribution in [0.2, 0.25) is 10.0 Å². The van der Waals surface area contributed by atoms with Crippen LogP contribution in [0.25, 0.3) is 11.0 Å². The Morgan fingerprint density at radius 2 is 1.96 bits per heavy atom. The summed E-state index contributed by atoms with van der Waals surface area (Å²) >= 11 is 12.5. The molecule has 3 aromatic rings. The van der Waals surface area contributed by atoms with E-state index in [0.29, 0.717) is 17.0 Å². The Morgan fingerprint density at radius 3 is 2.62 bits per heavy atom. The molecular weight excluding hydrogens is 347 g/mol. The number of carboxylic acid groups (broad SMARTS) is 1. The maximum Gasteiger partial charge on any atom is 0.337 e. The van der Waals surface area contributed by atoms with Gasteiger partial charge < -0.3 is 9.67 Å². The Hall–Kier alpha value is -2.04. The van der Waals surface area contributed by atoms with Crippen LogP contribution in [-0.4, -0.2) is 20.6 Å². The number of aromatic carboxylic acids is 1. The number of halogens is 2. The minimum atomic E-state index is -1.07. The van der Waals surface area contributed by atoms with Crippen LogP contribution in [0.3, 0.4) is 0 Å². The molecule has 0 aliphatic heterocycles. The monoisotopic (exact) mass is 362 g/mol. The van der Waals surface area contributed by atoms with Crippen molar-refractivity contribution < 1.29 is 9.90 Å². The number of benzene rings is 1. The second kappa shape index (κ2) is 6.11. The molecule has 0 aliphatic carbocycles. The van der Waals surface area contributed by atoms with Crippen molar-refractivity contribution in [2.24, 2.45) is 7.05 Å². The van der Waals surface area contributed by atoms with Gasteiger partial charge in [-0.2, -0.15) is 0 Å². The van der Waals surface area contributed by atoms with Gasteiger partial charge in [0.15, 0.2) is 0 Å². The van der Waals surface area contributed by atoms with E-state index in [4.69, 9.17) is 23.2 Å². The van der Waals surface area contributed by atoms with Gasteiger partial charge in [0.1, 0.15) is 5.65 Å². The molecule has 0 bridgehead atoms. The van der Waals surface area contributed by atoms with E-state index >= 15 is 0 Å². The molecule has 4 nitrogen and oxygen atoms in total. The first-order valence-corrected chi connectivity index (χ1v) is 8.18. The zero-order valence-corrected chi connectivity index (χ0v) is 15.0. The zero-order valence-electron chi connectivity index (χ0n) is 13.5. The molecule has 124 valence electrons. The van der Waals surface area contributed by atoms with Gasteiger partial charge in [0.2, 0.25) is 0 Å². The average molecular weight is 363 g/mol. The summed E-state index contributed by atoms with van der Waals surface area (Å²) < 4.78 is 2.00. The minimum absolute atomic E-state index is 0.0555. The van der Waals surface area contributed by atoms with Gasteiger partial charge in [-0.05, 0) is 49.2 Å². The normalized spacial score (nSPS) is 11.2. The van der Waals surface area contributed by atoms with Crippen molar-refractivity contribution in [3.63, 3.8) is 0 Å². The Morgan fingerprint density at radius 1 is 1.25 bits per heavy atom. The Labute approximate surface area is 149 Å². The van der Waals surface area contributed by atoms with Crippen LogP contribution in [0.5, 0.6) is 0 Å². The molecule has 0 saturated heterocycles. The van der Waals surface area contributed by atoms with Gasteiger partial charge in [0.25, 0.3) is 0 Å². The average Bonchev–Trinajstić information content (AvgIpc) is 2.80. The largest absolute Gasteiger partial charge is 0.478 e. The molecule has 2 aromatic heterocycles. The summed E-state index contributed by atoms with van der Waals surface area (Å²) in [5.41, 5.74) is 4.63. The summed E-state index contributed by atoms with van der Waals surface area (Å²) in [5.74, 6) is -1.07. The molecule has 0 saturated carbocycles. The summed E-state index contributed by atoms with van der Waals surface area (Å²) in [6, 6.07) is 7.09. The van der Waals surface area contributed by atoms with Crippen LogP contribution in [0.15, 0.2) is 24.3 Å². The first-order valence-electron chi connectivity index (χ1n) is 7.42. The third kappa shape index (κ3) is 2.76. The number of carboxylic acids is 1. The van der Waals surface area contributed by atoms with E-state index in [-0.39, 0.29) is 10.6 Å². The maximum absolute atomic E-state index is 11.3. The topological polar surface area (TPSA) is 55.1 Å². The number of rotatable bonds is 3. The fraction of sp³-hybridized carbons (Fsp3) is 0.222. The van der Waals surface area contributed by atoms with Gasteiger partial charge in [0, 0.05) is 35.3 Å². The summed E-state index contributed by atoms with van der Waals surface area (Å²) in [4.78, 5) is 15.9. The molecule has 0 spiro atoms. The van der Waals surface area contributed by atoms with E-state index < -0.39 is 5.97 Å². The number of hydrogen-bond donors (Lipinski definition) is 1. The van der Waals surface area contributed by atoms with Crippen molar-refractivity contribution in [2.45, 2.75) is 20.3 Å². The van der Waals surface area contributed by atoms with Gasteiger partial charge in [-0.1, -0.05) is 23.2 Å². The van der Waals surface area contributed by atoms with Crippen LogP contribution < -0.4 is 0 Å². The number of carbonyl (C=O) groups is 1. The van der Waals surface area contributed by atoms with Crippen LogP contribution in [-0.2, 0) is 13.5 Å². The third-order valence-corrected chi connectivity index (χ3v) is 4.99. The summed E-state index contributed by atoms with van der Waals surface area (Å²) in [6.45, 7) is 4.01. The van der Waals surface area contributed by atoms with Gasteiger partial charge in [-0.3, -0.25) is 0 Å². The Balaban J connectivity index is 2.14. The second-order valence-corrected chi connectivity index (χ2v) is 6.67. The molecule has 1 aromatic carbocycles. The minimum Gasteiger partial charge on any atom is -0.478 e. The third-order valence-electron chi connectivity index (χ3n) is 4.21. The number of fused-ring (bicyclic) bond motifs is 1. The zero-order chi connectivity index (χ0) is 17.6. The molecule has 0 radical (unpaired) electrons. The second-order valence-electron chi connectivity index (χ2n) is 5.88. The van der Waals surface area contributed by atoms with E-state index in [1.54, 1.807) is 6.07 Å². The predicted octanol–water partition coefficient (Wildman–Crippen LogP) is 4.79. The van der Waals surface area contributed by atoms with Crippen LogP contribution >= 0.6 is 23.2 Å². The molecule has 0 amide bonds. The van der Waals surface area contributed by atoms with Crippen molar-refractivity contribution >= 4 is 40.2 Å². The van der Waals surface area contributed by atoms with E-state index in [9.17, 15) is 9.90 Å². The molecule has 0 unspecified atom stereocenters. The van der Waals surface area contributed by atoms with Gasteiger partial charge >= 0.3 is 5.97 Å². The molecule has 3 rings (SSSR count). The molecule has 1 N–H and O–H groups in total. The first-order chi connectivity index (χ1) is 11.3. The molecule has 24 heavy (non-hydrogen) atoms. The Kier molecular flexibility index (Phi) is 4.28. The van der Waals surface area contributed by atoms with Crippen molar-refractivity contribution in [2.75, 3.05) is 0 Å². The smallest absolute Gasteiger partial charge is 0.337 e. The lowest BCUT2D eigenvalue weighted by Gasteiger charge is -2.10. The Bertz CT molecular complexity index is 977. The summed E-state index contributed by atoms with van der Waals surface area (Å²) in [6.07, 6.45) is 0.435. The van der Waals surface area contributed by atoms with Crippen LogP contribution in [0, 0.1) is 13.8 Å².